The number of benzene rings is 2. The molecular formula is C22H21FN2O2S. The Bertz CT molecular complexity index is 1050. The van der Waals surface area contributed by atoms with Crippen LogP contribution in [0.1, 0.15) is 32.9 Å². The second-order valence-electron chi connectivity index (χ2n) is 7.07. The lowest BCUT2D eigenvalue weighted by Crippen LogP contribution is -2.39. The zero-order chi connectivity index (χ0) is 19.8. The average molecular weight is 396 g/mol. The van der Waals surface area contributed by atoms with Gasteiger partial charge in [0.1, 0.15) is 23.1 Å². The van der Waals surface area contributed by atoms with Gasteiger partial charge >= 0.3 is 0 Å². The van der Waals surface area contributed by atoms with Gasteiger partial charge < -0.3 is 9.64 Å². The van der Waals surface area contributed by atoms with Gasteiger partial charge in [-0.05, 0) is 56.2 Å². The number of carbonyl (C=O) groups is 1. The third-order valence-corrected chi connectivity index (χ3v) is 5.99. The minimum absolute atomic E-state index is 0.0248. The molecule has 0 saturated carbocycles. The third-order valence-electron chi connectivity index (χ3n) is 4.93. The SMILES string of the molecule is Cc1nc(C)c(C(=O)N2Cc3cc(-c4cccc(F)c4)ccc3OCC2C)s1. The van der Waals surface area contributed by atoms with E-state index in [2.05, 4.69) is 4.98 Å². The van der Waals surface area contributed by atoms with Crippen molar-refractivity contribution >= 4 is 17.2 Å². The molecule has 28 heavy (non-hydrogen) atoms. The van der Waals surface area contributed by atoms with Gasteiger partial charge in [0.2, 0.25) is 0 Å². The Morgan fingerprint density at radius 3 is 2.71 bits per heavy atom. The van der Waals surface area contributed by atoms with Crippen LogP contribution in [-0.2, 0) is 6.54 Å². The Labute approximate surface area is 167 Å². The molecule has 0 bridgehead atoms. The van der Waals surface area contributed by atoms with Gasteiger partial charge in [0.25, 0.3) is 5.91 Å². The summed E-state index contributed by atoms with van der Waals surface area (Å²) in [5.74, 6) is 0.466. The summed E-state index contributed by atoms with van der Waals surface area (Å²) in [6, 6.07) is 12.2. The molecule has 144 valence electrons. The zero-order valence-corrected chi connectivity index (χ0v) is 16.8. The molecule has 6 heteroatoms. The molecule has 2 heterocycles. The molecule has 2 aromatic carbocycles. The van der Waals surface area contributed by atoms with E-state index in [4.69, 9.17) is 4.74 Å². The van der Waals surface area contributed by atoms with Crippen molar-refractivity contribution in [3.8, 4) is 16.9 Å². The quantitative estimate of drug-likeness (QED) is 0.613. The molecule has 4 nitrogen and oxygen atoms in total. The van der Waals surface area contributed by atoms with Crippen molar-refractivity contribution in [1.29, 1.82) is 0 Å². The number of nitrogens with zero attached hydrogens (tertiary/aromatic N) is 2. The van der Waals surface area contributed by atoms with Crippen LogP contribution in [0.25, 0.3) is 11.1 Å². The van der Waals surface area contributed by atoms with Crippen molar-refractivity contribution in [2.45, 2.75) is 33.4 Å². The van der Waals surface area contributed by atoms with Crippen molar-refractivity contribution in [2.75, 3.05) is 6.61 Å². The summed E-state index contributed by atoms with van der Waals surface area (Å²) < 4.78 is 19.6. The standard InChI is InChI=1S/C22H21FN2O2S/c1-13-12-27-20-8-7-17(16-5-4-6-19(23)10-16)9-18(20)11-25(13)22(26)21-14(2)24-15(3)28-21/h4-10,13H,11-12H2,1-3H3. The summed E-state index contributed by atoms with van der Waals surface area (Å²) in [5.41, 5.74) is 3.37. The van der Waals surface area contributed by atoms with Crippen LogP contribution in [0.15, 0.2) is 42.5 Å². The summed E-state index contributed by atoms with van der Waals surface area (Å²) >= 11 is 1.42. The number of hydrogen-bond donors (Lipinski definition) is 0. The van der Waals surface area contributed by atoms with E-state index in [-0.39, 0.29) is 17.8 Å². The van der Waals surface area contributed by atoms with E-state index < -0.39 is 0 Å². The first-order valence-corrected chi connectivity index (χ1v) is 10.0. The van der Waals surface area contributed by atoms with E-state index in [0.29, 0.717) is 18.0 Å². The second-order valence-corrected chi connectivity index (χ2v) is 8.28. The number of aromatic nitrogens is 1. The number of halogens is 1. The number of hydrogen-bond acceptors (Lipinski definition) is 4. The van der Waals surface area contributed by atoms with Crippen molar-refractivity contribution in [1.82, 2.24) is 9.88 Å². The number of fused-ring (bicyclic) bond motifs is 1. The Balaban J connectivity index is 1.69. The highest BCUT2D eigenvalue weighted by atomic mass is 32.1. The normalized spacial score (nSPS) is 16.3. The first-order valence-electron chi connectivity index (χ1n) is 9.19. The molecule has 0 aliphatic carbocycles. The Kier molecular flexibility index (Phi) is 4.89. The Morgan fingerprint density at radius 1 is 1.21 bits per heavy atom. The molecule has 1 aliphatic rings. The molecule has 0 saturated heterocycles. The smallest absolute Gasteiger partial charge is 0.266 e. The maximum Gasteiger partial charge on any atom is 0.266 e. The lowest BCUT2D eigenvalue weighted by atomic mass is 10.0. The van der Waals surface area contributed by atoms with Crippen molar-refractivity contribution < 1.29 is 13.9 Å². The average Bonchev–Trinajstić information content (AvgIpc) is 2.92. The topological polar surface area (TPSA) is 42.4 Å². The summed E-state index contributed by atoms with van der Waals surface area (Å²) in [7, 11) is 0. The fourth-order valence-electron chi connectivity index (χ4n) is 3.46. The number of thiazole rings is 1. The summed E-state index contributed by atoms with van der Waals surface area (Å²) in [4.78, 5) is 20.1. The van der Waals surface area contributed by atoms with E-state index in [1.165, 1.54) is 23.5 Å². The molecule has 0 N–H and O–H groups in total. The van der Waals surface area contributed by atoms with Crippen LogP contribution in [0.5, 0.6) is 5.75 Å². The number of rotatable bonds is 2. The minimum atomic E-state index is -0.273. The Hall–Kier alpha value is -2.73. The van der Waals surface area contributed by atoms with Gasteiger partial charge in [-0.15, -0.1) is 11.3 Å². The van der Waals surface area contributed by atoms with Crippen molar-refractivity contribution in [2.24, 2.45) is 0 Å². The molecule has 1 atom stereocenters. The highest BCUT2D eigenvalue weighted by Gasteiger charge is 2.29. The molecule has 0 spiro atoms. The van der Waals surface area contributed by atoms with E-state index in [0.717, 1.165) is 33.1 Å². The lowest BCUT2D eigenvalue weighted by Gasteiger charge is -2.26. The fraction of sp³-hybridized carbons (Fsp3) is 0.273. The van der Waals surface area contributed by atoms with Crippen LogP contribution in [0, 0.1) is 19.7 Å². The second kappa shape index (κ2) is 7.36. The monoisotopic (exact) mass is 396 g/mol. The number of ether oxygens (including phenoxy) is 1. The van der Waals surface area contributed by atoms with E-state index in [1.54, 1.807) is 6.07 Å². The number of aryl methyl sites for hydroxylation is 2. The fourth-order valence-corrected chi connectivity index (χ4v) is 4.34. The van der Waals surface area contributed by atoms with Crippen LogP contribution in [0.2, 0.25) is 0 Å². The molecule has 1 aromatic heterocycles. The maximum absolute atomic E-state index is 13.6. The van der Waals surface area contributed by atoms with Crippen LogP contribution in [0.4, 0.5) is 4.39 Å². The molecule has 0 fully saturated rings. The maximum atomic E-state index is 13.6. The lowest BCUT2D eigenvalue weighted by molar-refractivity contribution is 0.0649. The van der Waals surface area contributed by atoms with Gasteiger partial charge in [-0.25, -0.2) is 9.37 Å². The zero-order valence-electron chi connectivity index (χ0n) is 16.0. The van der Waals surface area contributed by atoms with E-state index in [9.17, 15) is 9.18 Å². The molecule has 0 radical (unpaired) electrons. The van der Waals surface area contributed by atoms with Gasteiger partial charge in [0, 0.05) is 5.56 Å². The van der Waals surface area contributed by atoms with Gasteiger partial charge in [0.05, 0.1) is 23.3 Å². The van der Waals surface area contributed by atoms with Crippen molar-refractivity contribution in [3.05, 3.63) is 69.4 Å². The molecule has 1 unspecified atom stereocenters. The van der Waals surface area contributed by atoms with Crippen LogP contribution >= 0.6 is 11.3 Å². The number of amides is 1. The van der Waals surface area contributed by atoms with Crippen LogP contribution in [0.3, 0.4) is 0 Å². The first-order chi connectivity index (χ1) is 13.4. The van der Waals surface area contributed by atoms with E-state index in [1.807, 2.05) is 49.9 Å². The van der Waals surface area contributed by atoms with Crippen LogP contribution in [-0.4, -0.2) is 28.4 Å². The number of carbonyl (C=O) groups excluding carboxylic acids is 1. The Morgan fingerprint density at radius 2 is 2.00 bits per heavy atom. The highest BCUT2D eigenvalue weighted by molar-refractivity contribution is 7.13. The molecule has 1 amide bonds. The summed E-state index contributed by atoms with van der Waals surface area (Å²) in [6.45, 7) is 6.62. The van der Waals surface area contributed by atoms with Gasteiger partial charge in [-0.1, -0.05) is 18.2 Å². The molecule has 3 aromatic rings. The predicted octanol–water partition coefficient (Wildman–Crippen LogP) is 4.99. The molecule has 1 aliphatic heterocycles. The van der Waals surface area contributed by atoms with Gasteiger partial charge in [-0.3, -0.25) is 4.79 Å². The third kappa shape index (κ3) is 3.52. The van der Waals surface area contributed by atoms with Gasteiger partial charge in [-0.2, -0.15) is 0 Å². The van der Waals surface area contributed by atoms with Crippen molar-refractivity contribution in [3.63, 3.8) is 0 Å². The molecular weight excluding hydrogens is 375 g/mol. The summed E-state index contributed by atoms with van der Waals surface area (Å²) in [5, 5.41) is 0.883. The molecule has 4 rings (SSSR count). The highest BCUT2D eigenvalue weighted by Crippen LogP contribution is 2.32. The largest absolute Gasteiger partial charge is 0.491 e. The van der Waals surface area contributed by atoms with Crippen LogP contribution < -0.4 is 4.74 Å². The van der Waals surface area contributed by atoms with Gasteiger partial charge in [0.15, 0.2) is 0 Å². The summed E-state index contributed by atoms with van der Waals surface area (Å²) in [6.07, 6.45) is 0. The van der Waals surface area contributed by atoms with E-state index >= 15 is 0 Å². The first kappa shape index (κ1) is 18.6. The minimum Gasteiger partial charge on any atom is -0.491 e. The predicted molar refractivity (Wildman–Crippen MR) is 108 cm³/mol.